The maximum atomic E-state index is 10.6. The molecule has 0 aliphatic heterocycles. The summed E-state index contributed by atoms with van der Waals surface area (Å²) in [5, 5.41) is 19.5. The van der Waals surface area contributed by atoms with Crippen molar-refractivity contribution >= 4 is 5.97 Å². The van der Waals surface area contributed by atoms with Crippen LogP contribution in [-0.2, 0) is 9.53 Å². The summed E-state index contributed by atoms with van der Waals surface area (Å²) < 4.78 is 5.58. The summed E-state index contributed by atoms with van der Waals surface area (Å²) in [6.07, 6.45) is 4.55. The topological polar surface area (TPSA) is 73.2 Å². The number of unbranched alkanes of at least 4 members (excludes halogenated alkanes) is 2. The summed E-state index contributed by atoms with van der Waals surface area (Å²) in [6, 6.07) is 0. The Morgan fingerprint density at radius 2 is 2.12 bits per heavy atom. The molecule has 5 nitrogen and oxygen atoms in total. The Bertz CT molecular complexity index is 271. The average molecular weight is 242 g/mol. The van der Waals surface area contributed by atoms with E-state index in [4.69, 9.17) is 10.00 Å². The summed E-state index contributed by atoms with van der Waals surface area (Å²) in [6.45, 7) is 2.99. The maximum Gasteiger partial charge on any atom is 0.308 e. The average Bonchev–Trinajstić information content (AvgIpc) is 2.23. The van der Waals surface area contributed by atoms with Gasteiger partial charge in [-0.15, -0.1) is 5.26 Å². The maximum absolute atomic E-state index is 10.6. The van der Waals surface area contributed by atoms with E-state index in [1.165, 1.54) is 0 Å². The number of nitrogens with zero attached hydrogens (tertiary/aromatic N) is 2. The third-order valence-electron chi connectivity index (χ3n) is 2.43. The summed E-state index contributed by atoms with van der Waals surface area (Å²) in [5.74, 6) is -1.14. The van der Waals surface area contributed by atoms with Gasteiger partial charge in [0.2, 0.25) is 0 Å². The van der Waals surface area contributed by atoms with Crippen molar-refractivity contribution in [2.75, 3.05) is 27.2 Å². The SMILES string of the molecule is CCCCCOC(CC(=O)[O-])C[N+](C)(C)C#N. The molecule has 0 aromatic rings. The molecule has 0 heterocycles. The third-order valence-corrected chi connectivity index (χ3v) is 2.43. The Balaban J connectivity index is 4.15. The van der Waals surface area contributed by atoms with Crippen LogP contribution in [-0.4, -0.2) is 43.8 Å². The molecule has 0 aromatic carbocycles. The third kappa shape index (κ3) is 8.66. The van der Waals surface area contributed by atoms with E-state index in [2.05, 4.69) is 13.1 Å². The van der Waals surface area contributed by atoms with Crippen LogP contribution in [0.3, 0.4) is 0 Å². The van der Waals surface area contributed by atoms with Crippen LogP contribution in [0.25, 0.3) is 0 Å². The molecule has 0 aliphatic carbocycles. The van der Waals surface area contributed by atoms with Crippen LogP contribution >= 0.6 is 0 Å². The standard InChI is InChI=1S/C12H22N2O3/c1-4-5-6-7-17-11(8-12(15)16)9-14(2,3)10-13/h11H,4-9H2,1-3H3. The van der Waals surface area contributed by atoms with Gasteiger partial charge in [-0.2, -0.15) is 0 Å². The van der Waals surface area contributed by atoms with Gasteiger partial charge in [0.05, 0.1) is 14.1 Å². The number of quaternary nitrogens is 1. The molecule has 0 aromatic heterocycles. The van der Waals surface area contributed by atoms with E-state index >= 15 is 0 Å². The Hall–Kier alpha value is -1.12. The van der Waals surface area contributed by atoms with E-state index in [0.29, 0.717) is 13.2 Å². The van der Waals surface area contributed by atoms with Gasteiger partial charge in [0.15, 0.2) is 0 Å². The van der Waals surface area contributed by atoms with Gasteiger partial charge < -0.3 is 14.6 Å². The van der Waals surface area contributed by atoms with E-state index in [0.717, 1.165) is 19.3 Å². The summed E-state index contributed by atoms with van der Waals surface area (Å²) in [4.78, 5) is 10.6. The van der Waals surface area contributed by atoms with Crippen molar-refractivity contribution in [3.8, 4) is 6.19 Å². The minimum Gasteiger partial charge on any atom is -0.550 e. The minimum absolute atomic E-state index is 0.0751. The molecule has 0 spiro atoms. The van der Waals surface area contributed by atoms with Gasteiger partial charge in [-0.05, 0) is 6.42 Å². The van der Waals surface area contributed by atoms with Crippen molar-refractivity contribution in [1.29, 1.82) is 5.26 Å². The normalized spacial score (nSPS) is 13.1. The Kier molecular flexibility index (Phi) is 7.51. The van der Waals surface area contributed by atoms with Crippen LogP contribution in [0.15, 0.2) is 0 Å². The lowest BCUT2D eigenvalue weighted by Crippen LogP contribution is -2.44. The second-order valence-corrected chi connectivity index (χ2v) is 4.74. The molecule has 0 saturated carbocycles. The molecule has 0 rings (SSSR count). The highest BCUT2D eigenvalue weighted by Crippen LogP contribution is 2.07. The van der Waals surface area contributed by atoms with E-state index in [9.17, 15) is 9.90 Å². The molecule has 1 atom stereocenters. The first-order valence-corrected chi connectivity index (χ1v) is 5.97. The number of likely N-dealkylation sites (N-methyl/N-ethyl adjacent to an activating group) is 1. The second-order valence-electron chi connectivity index (χ2n) is 4.74. The smallest absolute Gasteiger partial charge is 0.308 e. The van der Waals surface area contributed by atoms with Gasteiger partial charge >= 0.3 is 6.19 Å². The van der Waals surface area contributed by atoms with E-state index in [1.54, 1.807) is 14.1 Å². The molecular formula is C12H22N2O3. The summed E-state index contributed by atoms with van der Waals surface area (Å²) in [7, 11) is 3.44. The Labute approximate surface area is 103 Å². The van der Waals surface area contributed by atoms with Crippen LogP contribution in [0.1, 0.15) is 32.6 Å². The predicted octanol–water partition coefficient (Wildman–Crippen LogP) is 0.259. The van der Waals surface area contributed by atoms with Crippen LogP contribution < -0.4 is 5.11 Å². The molecule has 5 heteroatoms. The van der Waals surface area contributed by atoms with E-state index < -0.39 is 12.1 Å². The van der Waals surface area contributed by atoms with Crippen molar-refractivity contribution in [2.45, 2.75) is 38.7 Å². The Morgan fingerprint density at radius 3 is 2.59 bits per heavy atom. The lowest BCUT2D eigenvalue weighted by molar-refractivity contribution is -0.828. The zero-order chi connectivity index (χ0) is 13.3. The van der Waals surface area contributed by atoms with E-state index in [-0.39, 0.29) is 10.9 Å². The van der Waals surface area contributed by atoms with Gasteiger partial charge in [-0.25, -0.2) is 4.48 Å². The number of ether oxygens (including phenoxy) is 1. The fraction of sp³-hybridized carbons (Fsp3) is 0.833. The quantitative estimate of drug-likeness (QED) is 0.330. The van der Waals surface area contributed by atoms with Gasteiger partial charge in [-0.3, -0.25) is 0 Å². The van der Waals surface area contributed by atoms with Crippen LogP contribution in [0.5, 0.6) is 0 Å². The second kappa shape index (κ2) is 8.04. The fourth-order valence-corrected chi connectivity index (χ4v) is 1.51. The van der Waals surface area contributed by atoms with Crippen molar-refractivity contribution in [3.63, 3.8) is 0 Å². The zero-order valence-electron chi connectivity index (χ0n) is 10.9. The number of carbonyl (C=O) groups excluding carboxylic acids is 1. The molecule has 17 heavy (non-hydrogen) atoms. The first kappa shape index (κ1) is 15.9. The monoisotopic (exact) mass is 242 g/mol. The van der Waals surface area contributed by atoms with E-state index in [1.807, 2.05) is 0 Å². The number of nitriles is 1. The van der Waals surface area contributed by atoms with Gasteiger partial charge in [0.1, 0.15) is 12.6 Å². The molecule has 0 radical (unpaired) electrons. The molecular weight excluding hydrogens is 220 g/mol. The largest absolute Gasteiger partial charge is 0.550 e. The molecule has 0 saturated heterocycles. The first-order chi connectivity index (χ1) is 7.91. The lowest BCUT2D eigenvalue weighted by Gasteiger charge is -2.25. The molecule has 0 amide bonds. The Morgan fingerprint density at radius 1 is 1.47 bits per heavy atom. The van der Waals surface area contributed by atoms with Gasteiger partial charge in [-0.1, -0.05) is 19.8 Å². The number of carboxylic acid groups (broad SMARTS) is 1. The van der Waals surface area contributed by atoms with Crippen LogP contribution in [0, 0.1) is 11.5 Å². The van der Waals surface area contributed by atoms with Crippen molar-refractivity contribution < 1.29 is 19.1 Å². The number of aliphatic carboxylic acids is 1. The van der Waals surface area contributed by atoms with Crippen molar-refractivity contribution in [2.24, 2.45) is 0 Å². The number of carboxylic acids is 1. The van der Waals surface area contributed by atoms with Crippen molar-refractivity contribution in [1.82, 2.24) is 0 Å². The van der Waals surface area contributed by atoms with Gasteiger partial charge in [0, 0.05) is 19.0 Å². The minimum atomic E-state index is -1.14. The highest BCUT2D eigenvalue weighted by atomic mass is 16.5. The number of hydrogen-bond donors (Lipinski definition) is 0. The summed E-state index contributed by atoms with van der Waals surface area (Å²) in [5.41, 5.74) is 0. The number of rotatable bonds is 9. The molecule has 0 N–H and O–H groups in total. The highest BCUT2D eigenvalue weighted by Gasteiger charge is 2.23. The van der Waals surface area contributed by atoms with Crippen LogP contribution in [0.4, 0.5) is 0 Å². The first-order valence-electron chi connectivity index (χ1n) is 5.97. The molecule has 1 unspecified atom stereocenters. The van der Waals surface area contributed by atoms with Crippen molar-refractivity contribution in [3.05, 3.63) is 0 Å². The zero-order valence-corrected chi connectivity index (χ0v) is 10.9. The van der Waals surface area contributed by atoms with Crippen LogP contribution in [0.2, 0.25) is 0 Å². The number of carbonyl (C=O) groups is 1. The van der Waals surface area contributed by atoms with Gasteiger partial charge in [0.25, 0.3) is 0 Å². The number of hydrogen-bond acceptors (Lipinski definition) is 4. The predicted molar refractivity (Wildman–Crippen MR) is 61.5 cm³/mol. The lowest BCUT2D eigenvalue weighted by atomic mass is 10.2. The molecule has 0 aliphatic rings. The summed E-state index contributed by atoms with van der Waals surface area (Å²) >= 11 is 0. The molecule has 0 fully saturated rings. The molecule has 98 valence electrons. The molecule has 0 bridgehead atoms. The highest BCUT2D eigenvalue weighted by molar-refractivity contribution is 5.64. The fourth-order valence-electron chi connectivity index (χ4n) is 1.51.